The average molecular weight is 576 g/mol. The third kappa shape index (κ3) is 8.26. The van der Waals surface area contributed by atoms with Gasteiger partial charge in [-0.05, 0) is 20.3 Å². The fourth-order valence-corrected chi connectivity index (χ4v) is 4.20. The molecule has 17 nitrogen and oxygen atoms in total. The zero-order chi connectivity index (χ0) is 30.3. The maximum atomic E-state index is 13.0. The Morgan fingerprint density at radius 1 is 1.18 bits per heavy atom. The van der Waals surface area contributed by atoms with Crippen LogP contribution in [0.2, 0.25) is 0 Å². The molecule has 0 saturated carbocycles. The van der Waals surface area contributed by atoms with E-state index in [1.165, 1.54) is 20.8 Å². The Kier molecular flexibility index (Phi) is 11.7. The summed E-state index contributed by atoms with van der Waals surface area (Å²) in [5.74, 6) is -4.37. The minimum absolute atomic E-state index is 0.331. The van der Waals surface area contributed by atoms with E-state index >= 15 is 0 Å². The van der Waals surface area contributed by atoms with Crippen molar-refractivity contribution < 1.29 is 59.0 Å². The summed E-state index contributed by atoms with van der Waals surface area (Å²) in [6, 6.07) is -1.58. The summed E-state index contributed by atoms with van der Waals surface area (Å²) in [4.78, 5) is 55.2. The number of carbonyl (C=O) groups is 4. The van der Waals surface area contributed by atoms with Crippen molar-refractivity contribution in [3.8, 4) is 11.8 Å². The molecule has 8 atom stereocenters. The van der Waals surface area contributed by atoms with Crippen LogP contribution in [-0.2, 0) is 28.7 Å². The number of carbonyl (C=O) groups excluding carboxylic acids is 4. The van der Waals surface area contributed by atoms with Gasteiger partial charge < -0.3 is 61.5 Å². The molecule has 10 N–H and O–H groups in total. The zero-order valence-electron chi connectivity index (χ0n) is 22.2. The van der Waals surface area contributed by atoms with E-state index in [1.807, 2.05) is 0 Å². The van der Waals surface area contributed by atoms with Crippen molar-refractivity contribution in [1.82, 2.24) is 14.9 Å². The predicted molar refractivity (Wildman–Crippen MR) is 133 cm³/mol. The maximum absolute atomic E-state index is 13.0. The summed E-state index contributed by atoms with van der Waals surface area (Å²) in [6.07, 6.45) is -7.50. The quantitative estimate of drug-likeness (QED) is 0.112. The molecule has 40 heavy (non-hydrogen) atoms. The van der Waals surface area contributed by atoms with Crippen LogP contribution < -0.4 is 21.6 Å². The van der Waals surface area contributed by atoms with Crippen LogP contribution in [0.1, 0.15) is 33.6 Å². The van der Waals surface area contributed by atoms with Crippen LogP contribution in [0.25, 0.3) is 0 Å². The summed E-state index contributed by atoms with van der Waals surface area (Å²) in [7, 11) is 0. The van der Waals surface area contributed by atoms with Crippen molar-refractivity contribution in [3.63, 3.8) is 0 Å². The number of aromatic nitrogens is 1. The number of amides is 3. The fourth-order valence-electron chi connectivity index (χ4n) is 4.20. The molecule has 1 unspecified atom stereocenters. The number of nitrogens with zero attached hydrogens (tertiary/aromatic N) is 2. The zero-order valence-corrected chi connectivity index (χ0v) is 22.2. The molecule has 17 heteroatoms. The predicted octanol–water partition coefficient (Wildman–Crippen LogP) is -3.99. The van der Waals surface area contributed by atoms with E-state index in [4.69, 9.17) is 25.8 Å². The van der Waals surface area contributed by atoms with Crippen molar-refractivity contribution in [2.24, 2.45) is 11.5 Å². The van der Waals surface area contributed by atoms with Crippen LogP contribution in [0.3, 0.4) is 0 Å². The van der Waals surface area contributed by atoms with Gasteiger partial charge in [0.25, 0.3) is 0 Å². The number of ether oxygens (including phenoxy) is 2. The number of aliphatic hydroxyl groups excluding tert-OH is 3. The lowest BCUT2D eigenvalue weighted by atomic mass is 9.96. The average Bonchev–Trinajstić information content (AvgIpc) is 3.18. The third-order valence-corrected chi connectivity index (χ3v) is 6.08. The van der Waals surface area contributed by atoms with Crippen molar-refractivity contribution in [1.29, 1.82) is 0 Å². The molecular weight excluding hydrogens is 538 g/mol. The molecule has 1 aromatic heterocycles. The third-order valence-electron chi connectivity index (χ3n) is 6.08. The second-order valence-electron chi connectivity index (χ2n) is 9.42. The highest BCUT2D eigenvalue weighted by atomic mass is 16.7. The monoisotopic (exact) mass is 575 g/mol. The van der Waals surface area contributed by atoms with Crippen LogP contribution in [0, 0.1) is 0 Å². The summed E-state index contributed by atoms with van der Waals surface area (Å²) < 4.78 is 11.5. The molecule has 226 valence electrons. The Labute approximate surface area is 229 Å². The van der Waals surface area contributed by atoms with E-state index in [-0.39, 0.29) is 13.0 Å². The van der Waals surface area contributed by atoms with Crippen LogP contribution in [0.15, 0.2) is 12.1 Å². The Morgan fingerprint density at radius 3 is 2.27 bits per heavy atom. The van der Waals surface area contributed by atoms with Gasteiger partial charge in [0.2, 0.25) is 29.5 Å². The molecule has 2 rings (SSSR count). The first-order valence-electron chi connectivity index (χ1n) is 12.4. The molecule has 1 aliphatic rings. The van der Waals surface area contributed by atoms with Gasteiger partial charge in [-0.1, -0.05) is 0 Å². The minimum atomic E-state index is -1.65. The maximum Gasteiger partial charge on any atom is 0.333 e. The number of hydrogen-bond donors (Lipinski definition) is 8. The van der Waals surface area contributed by atoms with Gasteiger partial charge in [0.15, 0.2) is 6.29 Å². The Morgan fingerprint density at radius 2 is 1.77 bits per heavy atom. The Hall–Kier alpha value is -3.48. The standard InChI is InChI=1S/C23H37N5O12/c1-10(38-20-18(26-12(3)30)23(37)39-14(9-29)19(20)34)8-27(22(36)11(2)24)13(21(25)35)4-7-17(33)40-28-15(31)5-6-16(28)32/h5-6,10-11,13-14,18-20,23,29,31-32,34,37H,4,7-9,24H2,1-3H3,(H2,25,35)(H,26,30)/t10?,11-,13+,14+,18+,19+,20+,23-/m0/s1. The van der Waals surface area contributed by atoms with Gasteiger partial charge >= 0.3 is 5.97 Å². The molecule has 1 saturated heterocycles. The molecule has 1 fully saturated rings. The lowest BCUT2D eigenvalue weighted by Gasteiger charge is -2.44. The first kappa shape index (κ1) is 32.7. The van der Waals surface area contributed by atoms with E-state index in [0.717, 1.165) is 17.0 Å². The number of aromatic hydroxyl groups is 2. The Balaban J connectivity index is 2.21. The van der Waals surface area contributed by atoms with Gasteiger partial charge in [-0.3, -0.25) is 14.4 Å². The summed E-state index contributed by atoms with van der Waals surface area (Å²) in [6.45, 7) is 2.99. The van der Waals surface area contributed by atoms with E-state index in [9.17, 15) is 44.7 Å². The Bertz CT molecular complexity index is 1030. The second-order valence-corrected chi connectivity index (χ2v) is 9.42. The molecule has 0 bridgehead atoms. The van der Waals surface area contributed by atoms with Crippen LogP contribution >= 0.6 is 0 Å². The number of aliphatic hydroxyl groups is 3. The topological polar surface area (TPSA) is 269 Å². The normalized spacial score (nSPS) is 24.9. The summed E-state index contributed by atoms with van der Waals surface area (Å²) >= 11 is 0. The highest BCUT2D eigenvalue weighted by Gasteiger charge is 2.46. The number of hydrogen-bond acceptors (Lipinski definition) is 13. The van der Waals surface area contributed by atoms with Gasteiger partial charge in [-0.2, -0.15) is 0 Å². The van der Waals surface area contributed by atoms with Gasteiger partial charge in [0.1, 0.15) is 30.4 Å². The smallest absolute Gasteiger partial charge is 0.333 e. The molecule has 1 aromatic rings. The molecule has 0 spiro atoms. The largest absolute Gasteiger partial charge is 0.492 e. The first-order chi connectivity index (χ1) is 18.7. The molecule has 2 heterocycles. The lowest BCUT2D eigenvalue weighted by Crippen LogP contribution is -2.65. The van der Waals surface area contributed by atoms with E-state index in [2.05, 4.69) is 5.32 Å². The number of nitrogens with two attached hydrogens (primary N) is 2. The first-order valence-corrected chi connectivity index (χ1v) is 12.4. The van der Waals surface area contributed by atoms with Crippen molar-refractivity contribution in [3.05, 3.63) is 12.1 Å². The second kappa shape index (κ2) is 14.2. The fraction of sp³-hybridized carbons (Fsp3) is 0.652. The molecular formula is C23H37N5O12. The molecule has 3 amide bonds. The number of rotatable bonds is 13. The SMILES string of the molecule is CC(=O)N[C@@H]1[C@@H](OC(C)CN(C(=O)[C@H](C)N)[C@H](CCC(=O)On2c(O)ccc2O)C(N)=O)[C@H](O)[C@@H](CO)O[C@@H]1O. The van der Waals surface area contributed by atoms with Crippen LogP contribution in [0.5, 0.6) is 11.8 Å². The van der Waals surface area contributed by atoms with Gasteiger partial charge in [0.05, 0.1) is 25.2 Å². The minimum Gasteiger partial charge on any atom is -0.492 e. The van der Waals surface area contributed by atoms with Gasteiger partial charge in [-0.15, -0.1) is 4.73 Å². The summed E-state index contributed by atoms with van der Waals surface area (Å²) in [5, 5.41) is 52.1. The van der Waals surface area contributed by atoms with Gasteiger partial charge in [-0.25, -0.2) is 4.79 Å². The van der Waals surface area contributed by atoms with Crippen LogP contribution in [0.4, 0.5) is 0 Å². The number of nitrogens with one attached hydrogen (secondary N) is 1. The summed E-state index contributed by atoms with van der Waals surface area (Å²) in [5.41, 5.74) is 11.3. The molecule has 0 radical (unpaired) electrons. The van der Waals surface area contributed by atoms with E-state index in [0.29, 0.717) is 4.73 Å². The molecule has 0 aromatic carbocycles. The van der Waals surface area contributed by atoms with E-state index < -0.39 is 97.3 Å². The number of primary amides is 1. The van der Waals surface area contributed by atoms with E-state index in [1.54, 1.807) is 0 Å². The highest BCUT2D eigenvalue weighted by Crippen LogP contribution is 2.25. The lowest BCUT2D eigenvalue weighted by molar-refractivity contribution is -0.268. The molecule has 1 aliphatic heterocycles. The van der Waals surface area contributed by atoms with Crippen LogP contribution in [-0.4, -0.2) is 121 Å². The highest BCUT2D eigenvalue weighted by molar-refractivity contribution is 5.89. The van der Waals surface area contributed by atoms with Gasteiger partial charge in [0, 0.05) is 25.6 Å². The molecule has 0 aliphatic carbocycles. The van der Waals surface area contributed by atoms with Crippen molar-refractivity contribution in [2.75, 3.05) is 13.2 Å². The van der Waals surface area contributed by atoms with Crippen molar-refractivity contribution in [2.45, 2.75) is 82.4 Å². The van der Waals surface area contributed by atoms with Crippen molar-refractivity contribution >= 4 is 23.7 Å².